The first-order chi connectivity index (χ1) is 17.8. The molecule has 208 valence electrons. The van der Waals surface area contributed by atoms with Gasteiger partial charge in [0, 0.05) is 19.0 Å². The number of nitrogens with one attached hydrogen (secondary N) is 1. The topological polar surface area (TPSA) is 122 Å². The Labute approximate surface area is 218 Å². The minimum absolute atomic E-state index is 0.00729. The van der Waals surface area contributed by atoms with Gasteiger partial charge in [-0.25, -0.2) is 13.9 Å². The van der Waals surface area contributed by atoms with E-state index in [1.807, 2.05) is 0 Å². The lowest BCUT2D eigenvalue weighted by molar-refractivity contribution is -0.274. The van der Waals surface area contributed by atoms with Crippen LogP contribution in [0.15, 0.2) is 53.4 Å². The number of halogens is 3. The van der Waals surface area contributed by atoms with Crippen molar-refractivity contribution in [3.8, 4) is 17.2 Å². The van der Waals surface area contributed by atoms with Gasteiger partial charge in [-0.15, -0.1) is 13.2 Å². The zero-order valence-electron chi connectivity index (χ0n) is 20.8. The summed E-state index contributed by atoms with van der Waals surface area (Å²) in [4.78, 5) is 26.3. The van der Waals surface area contributed by atoms with E-state index in [0.29, 0.717) is 25.9 Å². The number of sulfone groups is 1. The first-order valence-corrected chi connectivity index (χ1v) is 13.5. The van der Waals surface area contributed by atoms with Crippen molar-refractivity contribution in [2.24, 2.45) is 17.8 Å². The van der Waals surface area contributed by atoms with Crippen molar-refractivity contribution in [3.05, 3.63) is 48.5 Å². The summed E-state index contributed by atoms with van der Waals surface area (Å²) in [6, 6.07) is 10.0. The second-order valence-corrected chi connectivity index (χ2v) is 11.3. The molecule has 13 heteroatoms. The standard InChI is InChI=1S/C25H29F3N2O7S/c1-16(2)24(32)30-13-11-17(12-14-30)22(23(31)29-33)15-38(34,35)21-9-7-19(8-10-21)36-18-3-5-20(6-4-18)37-25(26,27)28/h3-10,16-17,22,33H,11-15H2,1-2H3,(H,29,31). The molecule has 2 amide bonds. The molecule has 1 heterocycles. The van der Waals surface area contributed by atoms with Crippen LogP contribution in [0.5, 0.6) is 17.2 Å². The summed E-state index contributed by atoms with van der Waals surface area (Å²) in [5.74, 6) is -2.86. The molecule has 0 saturated carbocycles. The van der Waals surface area contributed by atoms with Gasteiger partial charge in [0.15, 0.2) is 9.84 Å². The number of benzene rings is 2. The summed E-state index contributed by atoms with van der Waals surface area (Å²) in [5, 5.41) is 9.23. The van der Waals surface area contributed by atoms with Gasteiger partial charge in [-0.3, -0.25) is 14.8 Å². The highest BCUT2D eigenvalue weighted by Gasteiger charge is 2.36. The van der Waals surface area contributed by atoms with E-state index in [1.165, 1.54) is 36.4 Å². The maximum atomic E-state index is 13.1. The minimum Gasteiger partial charge on any atom is -0.457 e. The number of likely N-dealkylation sites (tertiary alicyclic amines) is 1. The Morgan fingerprint density at radius 1 is 1.00 bits per heavy atom. The van der Waals surface area contributed by atoms with Crippen LogP contribution in [-0.4, -0.2) is 55.5 Å². The Balaban J connectivity index is 1.66. The van der Waals surface area contributed by atoms with E-state index >= 15 is 0 Å². The van der Waals surface area contributed by atoms with Crippen LogP contribution in [0.1, 0.15) is 26.7 Å². The first kappa shape index (κ1) is 29.2. The maximum absolute atomic E-state index is 13.1. The molecule has 0 aromatic heterocycles. The van der Waals surface area contributed by atoms with Crippen LogP contribution in [0.2, 0.25) is 0 Å². The fourth-order valence-electron chi connectivity index (χ4n) is 4.29. The molecule has 2 N–H and O–H groups in total. The Kier molecular flexibility index (Phi) is 9.26. The number of carbonyl (C=O) groups is 2. The lowest BCUT2D eigenvalue weighted by Gasteiger charge is -2.36. The predicted octanol–water partition coefficient (Wildman–Crippen LogP) is 4.17. The smallest absolute Gasteiger partial charge is 0.457 e. The highest BCUT2D eigenvalue weighted by atomic mass is 32.2. The summed E-state index contributed by atoms with van der Waals surface area (Å²) in [7, 11) is -3.95. The lowest BCUT2D eigenvalue weighted by Crippen LogP contribution is -2.45. The number of rotatable bonds is 9. The zero-order chi connectivity index (χ0) is 28.1. The van der Waals surface area contributed by atoms with Crippen molar-refractivity contribution in [1.29, 1.82) is 0 Å². The van der Waals surface area contributed by atoms with Crippen molar-refractivity contribution in [3.63, 3.8) is 0 Å². The summed E-state index contributed by atoms with van der Waals surface area (Å²) < 4.78 is 72.5. The number of hydrogen-bond acceptors (Lipinski definition) is 7. The quantitative estimate of drug-likeness (QED) is 0.350. The molecule has 1 atom stereocenters. The van der Waals surface area contributed by atoms with Gasteiger partial charge in [-0.05, 0) is 67.3 Å². The summed E-state index contributed by atoms with van der Waals surface area (Å²) >= 11 is 0. The van der Waals surface area contributed by atoms with Gasteiger partial charge in [-0.1, -0.05) is 13.8 Å². The van der Waals surface area contributed by atoms with Crippen molar-refractivity contribution in [1.82, 2.24) is 10.4 Å². The van der Waals surface area contributed by atoms with E-state index in [-0.39, 0.29) is 34.1 Å². The van der Waals surface area contributed by atoms with Gasteiger partial charge < -0.3 is 14.4 Å². The average molecular weight is 559 g/mol. The summed E-state index contributed by atoms with van der Waals surface area (Å²) in [6.07, 6.45) is -3.97. The van der Waals surface area contributed by atoms with Crippen LogP contribution in [0.4, 0.5) is 13.2 Å². The first-order valence-electron chi connectivity index (χ1n) is 11.9. The van der Waals surface area contributed by atoms with Crippen LogP contribution in [0, 0.1) is 17.8 Å². The van der Waals surface area contributed by atoms with E-state index in [9.17, 15) is 36.4 Å². The monoisotopic (exact) mass is 558 g/mol. The van der Waals surface area contributed by atoms with Crippen LogP contribution in [-0.2, 0) is 19.4 Å². The number of hydroxylamine groups is 1. The second-order valence-electron chi connectivity index (χ2n) is 9.27. The van der Waals surface area contributed by atoms with Gasteiger partial charge in [-0.2, -0.15) is 0 Å². The fourth-order valence-corrected chi connectivity index (χ4v) is 5.93. The van der Waals surface area contributed by atoms with Gasteiger partial charge in [0.05, 0.1) is 16.6 Å². The van der Waals surface area contributed by atoms with Crippen LogP contribution in [0.3, 0.4) is 0 Å². The summed E-state index contributed by atoms with van der Waals surface area (Å²) in [5.41, 5.74) is 1.57. The molecule has 1 aliphatic heterocycles. The Morgan fingerprint density at radius 2 is 1.50 bits per heavy atom. The van der Waals surface area contributed by atoms with Gasteiger partial charge in [0.1, 0.15) is 17.2 Å². The Bertz CT molecular complexity index is 1210. The number of alkyl halides is 3. The molecule has 1 saturated heterocycles. The normalized spacial score (nSPS) is 15.7. The zero-order valence-corrected chi connectivity index (χ0v) is 21.6. The molecular formula is C25H29F3N2O7S. The average Bonchev–Trinajstić information content (AvgIpc) is 2.87. The van der Waals surface area contributed by atoms with Crippen molar-refractivity contribution in [2.75, 3.05) is 18.8 Å². The molecule has 38 heavy (non-hydrogen) atoms. The molecular weight excluding hydrogens is 529 g/mol. The largest absolute Gasteiger partial charge is 0.573 e. The van der Waals surface area contributed by atoms with E-state index in [1.54, 1.807) is 24.2 Å². The third-order valence-electron chi connectivity index (χ3n) is 6.24. The van der Waals surface area contributed by atoms with Gasteiger partial charge in [0.25, 0.3) is 0 Å². The lowest BCUT2D eigenvalue weighted by atomic mass is 9.84. The Hall–Kier alpha value is -3.32. The fraction of sp³-hybridized carbons (Fsp3) is 0.440. The molecule has 0 radical (unpaired) electrons. The predicted molar refractivity (Wildman–Crippen MR) is 129 cm³/mol. The molecule has 0 spiro atoms. The van der Waals surface area contributed by atoms with Crippen LogP contribution in [0.25, 0.3) is 0 Å². The SMILES string of the molecule is CC(C)C(=O)N1CCC(C(CS(=O)(=O)c2ccc(Oc3ccc(OC(F)(F)F)cc3)cc2)C(=O)NO)CC1. The molecule has 1 fully saturated rings. The minimum atomic E-state index is -4.81. The van der Waals surface area contributed by atoms with Crippen LogP contribution < -0.4 is 15.0 Å². The second kappa shape index (κ2) is 12.0. The molecule has 0 aliphatic carbocycles. The van der Waals surface area contributed by atoms with E-state index in [0.717, 1.165) is 12.1 Å². The number of amides is 2. The third-order valence-corrected chi connectivity index (χ3v) is 8.02. The molecule has 2 aromatic rings. The number of hydrogen-bond donors (Lipinski definition) is 2. The third kappa shape index (κ3) is 7.84. The molecule has 0 bridgehead atoms. The van der Waals surface area contributed by atoms with Crippen LogP contribution >= 0.6 is 0 Å². The highest BCUT2D eigenvalue weighted by Crippen LogP contribution is 2.31. The van der Waals surface area contributed by atoms with E-state index < -0.39 is 39.5 Å². The summed E-state index contributed by atoms with van der Waals surface area (Å²) in [6.45, 7) is 4.38. The number of piperidine rings is 1. The number of nitrogens with zero attached hydrogens (tertiary/aromatic N) is 1. The molecule has 1 unspecified atom stereocenters. The molecule has 1 aliphatic rings. The molecule has 3 rings (SSSR count). The molecule has 9 nitrogen and oxygen atoms in total. The van der Waals surface area contributed by atoms with Crippen molar-refractivity contribution < 1.29 is 45.9 Å². The number of ether oxygens (including phenoxy) is 2. The van der Waals surface area contributed by atoms with E-state index in [4.69, 9.17) is 4.74 Å². The number of carbonyl (C=O) groups excluding carboxylic acids is 2. The van der Waals surface area contributed by atoms with Crippen molar-refractivity contribution >= 4 is 21.7 Å². The van der Waals surface area contributed by atoms with Crippen molar-refractivity contribution in [2.45, 2.75) is 37.9 Å². The van der Waals surface area contributed by atoms with Gasteiger partial charge >= 0.3 is 6.36 Å². The van der Waals surface area contributed by atoms with Gasteiger partial charge in [0.2, 0.25) is 11.8 Å². The Morgan fingerprint density at radius 3 is 1.97 bits per heavy atom. The highest BCUT2D eigenvalue weighted by molar-refractivity contribution is 7.91. The van der Waals surface area contributed by atoms with E-state index in [2.05, 4.69) is 4.74 Å². The molecule has 2 aromatic carbocycles. The maximum Gasteiger partial charge on any atom is 0.573 e.